The Morgan fingerprint density at radius 3 is 2.47 bits per heavy atom. The first-order valence-corrected chi connectivity index (χ1v) is 13.7. The van der Waals surface area contributed by atoms with Gasteiger partial charge in [-0.25, -0.2) is 22.5 Å². The number of nitrogens with one attached hydrogen (secondary N) is 1. The van der Waals surface area contributed by atoms with Crippen LogP contribution in [-0.4, -0.2) is 40.7 Å². The van der Waals surface area contributed by atoms with Gasteiger partial charge in [0.2, 0.25) is 11.8 Å². The SMILES string of the molecule is N#Cc1ccnc(N2C(=O)CCC2C(=O)N(c2cc(F)cc(F)c2)C(C(=O)NC2CC(F)(F)C2)c2cccc(Cl)c2Cl)c1. The second-order valence-corrected chi connectivity index (χ2v) is 11.0. The van der Waals surface area contributed by atoms with Crippen LogP contribution in [0.15, 0.2) is 54.7 Å². The number of alkyl halides is 2. The van der Waals surface area contributed by atoms with E-state index in [2.05, 4.69) is 10.3 Å². The smallest absolute Gasteiger partial charge is 0.252 e. The third-order valence-electron chi connectivity index (χ3n) is 7.20. The van der Waals surface area contributed by atoms with Gasteiger partial charge in [0.25, 0.3) is 11.8 Å². The summed E-state index contributed by atoms with van der Waals surface area (Å²) < 4.78 is 56.4. The second-order valence-electron chi connectivity index (χ2n) is 10.2. The molecule has 0 radical (unpaired) electrons. The molecule has 1 aliphatic heterocycles. The van der Waals surface area contributed by atoms with Crippen LogP contribution in [-0.2, 0) is 14.4 Å². The molecule has 2 heterocycles. The molecule has 1 N–H and O–H groups in total. The number of anilines is 2. The van der Waals surface area contributed by atoms with Crippen molar-refractivity contribution in [1.82, 2.24) is 10.3 Å². The van der Waals surface area contributed by atoms with E-state index in [1.807, 2.05) is 6.07 Å². The van der Waals surface area contributed by atoms with Gasteiger partial charge in [0.15, 0.2) is 0 Å². The number of hydrogen-bond donors (Lipinski definition) is 1. The quantitative estimate of drug-likeness (QED) is 0.335. The molecule has 1 saturated heterocycles. The molecule has 0 bridgehead atoms. The molecule has 2 aromatic carbocycles. The number of carbonyl (C=O) groups excluding carboxylic acids is 3. The molecule has 1 saturated carbocycles. The van der Waals surface area contributed by atoms with Gasteiger partial charge in [-0.05, 0) is 36.8 Å². The summed E-state index contributed by atoms with van der Waals surface area (Å²) in [7, 11) is 0. The number of nitrogens with zero attached hydrogens (tertiary/aromatic N) is 4. The van der Waals surface area contributed by atoms with Crippen molar-refractivity contribution in [1.29, 1.82) is 5.26 Å². The Hall–Kier alpha value is -4.21. The van der Waals surface area contributed by atoms with E-state index in [1.165, 1.54) is 36.5 Å². The van der Waals surface area contributed by atoms with Crippen LogP contribution < -0.4 is 15.1 Å². The summed E-state index contributed by atoms with van der Waals surface area (Å²) in [4.78, 5) is 47.3. The van der Waals surface area contributed by atoms with Gasteiger partial charge >= 0.3 is 0 Å². The van der Waals surface area contributed by atoms with Crippen molar-refractivity contribution < 1.29 is 31.9 Å². The number of amides is 3. The van der Waals surface area contributed by atoms with Gasteiger partial charge in [-0.3, -0.25) is 24.2 Å². The van der Waals surface area contributed by atoms with Gasteiger partial charge in [-0.1, -0.05) is 35.3 Å². The first-order chi connectivity index (χ1) is 20.4. The number of benzene rings is 2. The number of carbonyl (C=O) groups is 3. The van der Waals surface area contributed by atoms with Crippen LogP contribution in [0.2, 0.25) is 10.0 Å². The van der Waals surface area contributed by atoms with Gasteiger partial charge < -0.3 is 5.32 Å². The molecule has 222 valence electrons. The Labute approximate surface area is 252 Å². The summed E-state index contributed by atoms with van der Waals surface area (Å²) >= 11 is 12.7. The highest BCUT2D eigenvalue weighted by Gasteiger charge is 2.49. The lowest BCUT2D eigenvalue weighted by Crippen LogP contribution is -2.56. The zero-order chi connectivity index (χ0) is 31.1. The average molecular weight is 634 g/mol. The molecule has 1 aromatic heterocycles. The molecule has 43 heavy (non-hydrogen) atoms. The fraction of sp³-hybridized carbons (Fsp3) is 0.276. The lowest BCUT2D eigenvalue weighted by Gasteiger charge is -2.39. The van der Waals surface area contributed by atoms with Crippen LogP contribution in [0, 0.1) is 23.0 Å². The molecule has 14 heteroatoms. The van der Waals surface area contributed by atoms with E-state index < -0.39 is 71.9 Å². The molecule has 2 unspecified atom stereocenters. The maximum Gasteiger partial charge on any atom is 0.252 e. The van der Waals surface area contributed by atoms with Crippen molar-refractivity contribution in [2.45, 2.75) is 49.7 Å². The Kier molecular flexibility index (Phi) is 8.31. The predicted octanol–water partition coefficient (Wildman–Crippen LogP) is 5.72. The number of nitriles is 1. The first-order valence-electron chi connectivity index (χ1n) is 13.0. The number of halogens is 6. The lowest BCUT2D eigenvalue weighted by molar-refractivity contribution is -0.133. The zero-order valence-corrected chi connectivity index (χ0v) is 23.5. The molecular formula is C29H21Cl2F4N5O3. The van der Waals surface area contributed by atoms with E-state index in [0.717, 1.165) is 21.9 Å². The monoisotopic (exact) mass is 633 g/mol. The van der Waals surface area contributed by atoms with Crippen molar-refractivity contribution >= 4 is 52.4 Å². The number of pyridine rings is 1. The van der Waals surface area contributed by atoms with E-state index in [-0.39, 0.29) is 39.8 Å². The van der Waals surface area contributed by atoms with Crippen molar-refractivity contribution in [3.8, 4) is 6.07 Å². The Morgan fingerprint density at radius 1 is 1.12 bits per heavy atom. The van der Waals surface area contributed by atoms with Crippen LogP contribution in [0.5, 0.6) is 0 Å². The summed E-state index contributed by atoms with van der Waals surface area (Å²) in [5.41, 5.74) is -0.313. The van der Waals surface area contributed by atoms with E-state index in [4.69, 9.17) is 23.2 Å². The summed E-state index contributed by atoms with van der Waals surface area (Å²) in [5, 5.41) is 11.6. The highest BCUT2D eigenvalue weighted by molar-refractivity contribution is 6.42. The highest BCUT2D eigenvalue weighted by atomic mass is 35.5. The van der Waals surface area contributed by atoms with Crippen molar-refractivity contribution in [3.05, 3.63) is 87.5 Å². The van der Waals surface area contributed by atoms with Gasteiger partial charge in [-0.15, -0.1) is 0 Å². The fourth-order valence-electron chi connectivity index (χ4n) is 5.24. The summed E-state index contributed by atoms with van der Waals surface area (Å²) in [6.45, 7) is 0. The maximum atomic E-state index is 14.6. The molecule has 5 rings (SSSR count). The number of rotatable bonds is 7. The average Bonchev–Trinajstić information content (AvgIpc) is 3.32. The molecule has 2 fully saturated rings. The predicted molar refractivity (Wildman–Crippen MR) is 149 cm³/mol. The maximum absolute atomic E-state index is 14.6. The van der Waals surface area contributed by atoms with Crippen LogP contribution in [0.25, 0.3) is 0 Å². The third kappa shape index (κ3) is 6.14. The highest BCUT2D eigenvalue weighted by Crippen LogP contribution is 2.41. The van der Waals surface area contributed by atoms with Gasteiger partial charge in [0.1, 0.15) is 29.5 Å². The standard InChI is InChI=1S/C29H21Cl2F4N5O3/c30-21-3-1-2-20(25(21)31)26(27(42)38-18-12-29(34,35)13-18)39(19-10-16(32)9-17(33)11-19)28(43)22-4-5-24(41)40(22)23-8-15(14-36)6-7-37-23/h1-3,6-11,18,22,26H,4-5,12-13H2,(H,38,42). The van der Waals surface area contributed by atoms with E-state index in [1.54, 1.807) is 0 Å². The van der Waals surface area contributed by atoms with Crippen molar-refractivity contribution in [2.75, 3.05) is 9.80 Å². The summed E-state index contributed by atoms with van der Waals surface area (Å²) in [6.07, 6.45) is -0.216. The van der Waals surface area contributed by atoms with Crippen LogP contribution in [0.1, 0.15) is 42.9 Å². The molecule has 2 atom stereocenters. The van der Waals surface area contributed by atoms with Gasteiger partial charge in [0.05, 0.1) is 27.4 Å². The third-order valence-corrected chi connectivity index (χ3v) is 8.03. The normalized spacial score (nSPS) is 18.5. The molecular weight excluding hydrogens is 613 g/mol. The van der Waals surface area contributed by atoms with E-state index in [0.29, 0.717) is 6.07 Å². The topological polar surface area (TPSA) is 106 Å². The van der Waals surface area contributed by atoms with Crippen LogP contribution in [0.3, 0.4) is 0 Å². The molecule has 2 aliphatic rings. The van der Waals surface area contributed by atoms with Gasteiger partial charge in [0, 0.05) is 43.1 Å². The Morgan fingerprint density at radius 2 is 1.81 bits per heavy atom. The summed E-state index contributed by atoms with van der Waals surface area (Å²) in [5.74, 6) is -7.61. The van der Waals surface area contributed by atoms with Crippen molar-refractivity contribution in [3.63, 3.8) is 0 Å². The molecule has 3 amide bonds. The first kappa shape index (κ1) is 30.3. The molecule has 3 aromatic rings. The molecule has 0 spiro atoms. The number of aromatic nitrogens is 1. The van der Waals surface area contributed by atoms with E-state index >= 15 is 0 Å². The minimum Gasteiger partial charge on any atom is -0.351 e. The Bertz CT molecular complexity index is 1640. The zero-order valence-electron chi connectivity index (χ0n) is 22.0. The lowest BCUT2D eigenvalue weighted by atomic mass is 9.87. The minimum atomic E-state index is -2.99. The number of hydrogen-bond acceptors (Lipinski definition) is 5. The van der Waals surface area contributed by atoms with Crippen LogP contribution in [0.4, 0.5) is 29.1 Å². The Balaban J connectivity index is 1.65. The van der Waals surface area contributed by atoms with Crippen molar-refractivity contribution in [2.24, 2.45) is 0 Å². The summed E-state index contributed by atoms with van der Waals surface area (Å²) in [6, 6.07) is 6.96. The largest absolute Gasteiger partial charge is 0.351 e. The molecule has 1 aliphatic carbocycles. The fourth-order valence-corrected chi connectivity index (χ4v) is 5.65. The van der Waals surface area contributed by atoms with E-state index in [9.17, 15) is 37.2 Å². The van der Waals surface area contributed by atoms with Gasteiger partial charge in [-0.2, -0.15) is 5.26 Å². The minimum absolute atomic E-state index is 0.0137. The molecule has 8 nitrogen and oxygen atoms in total. The van der Waals surface area contributed by atoms with Crippen LogP contribution >= 0.6 is 23.2 Å². The second kappa shape index (κ2) is 11.8.